The molecule has 21 heavy (non-hydrogen) atoms. The molecule has 2 aliphatic rings. The fourth-order valence-corrected chi connectivity index (χ4v) is 5.37. The molecular weight excluding hydrogens is 308 g/mol. The van der Waals surface area contributed by atoms with Gasteiger partial charge in [-0.05, 0) is 74.9 Å². The number of nitrogens with one attached hydrogen (secondary N) is 2. The first-order valence-electron chi connectivity index (χ1n) is 7.13. The molecule has 1 heterocycles. The van der Waals surface area contributed by atoms with Gasteiger partial charge < -0.3 is 5.32 Å². The van der Waals surface area contributed by atoms with Crippen LogP contribution in [0, 0.1) is 39.5 Å². The highest BCUT2D eigenvalue weighted by Gasteiger charge is 2.54. The summed E-state index contributed by atoms with van der Waals surface area (Å²) in [5.41, 5.74) is 3.80. The van der Waals surface area contributed by atoms with E-state index in [1.807, 2.05) is 27.7 Å². The minimum atomic E-state index is -3.42. The summed E-state index contributed by atoms with van der Waals surface area (Å²) in [6, 6.07) is 2.18. The van der Waals surface area contributed by atoms with Crippen LogP contribution in [0.5, 0.6) is 0 Å². The zero-order valence-electron chi connectivity index (χ0n) is 12.9. The molecule has 1 aliphatic heterocycles. The predicted molar refractivity (Wildman–Crippen MR) is 86.6 cm³/mol. The van der Waals surface area contributed by atoms with E-state index in [-0.39, 0.29) is 18.4 Å². The van der Waals surface area contributed by atoms with Crippen molar-refractivity contribution in [2.75, 3.05) is 13.1 Å². The SMILES string of the molecule is Cc1cc(C)c(C)c(S(=O)(=O)NC2C3CNCC32)c1C.Cl. The highest BCUT2D eigenvalue weighted by molar-refractivity contribution is 7.89. The molecule has 1 saturated carbocycles. The molecule has 0 spiro atoms. The molecule has 1 aromatic rings. The third-order valence-corrected chi connectivity index (χ3v) is 6.68. The second-order valence-electron chi connectivity index (χ2n) is 6.22. The Labute approximate surface area is 133 Å². The minimum absolute atomic E-state index is 0. The molecule has 0 radical (unpaired) electrons. The molecule has 3 rings (SSSR count). The quantitative estimate of drug-likeness (QED) is 0.889. The van der Waals surface area contributed by atoms with E-state index < -0.39 is 10.0 Å². The van der Waals surface area contributed by atoms with Crippen molar-refractivity contribution in [1.29, 1.82) is 0 Å². The fraction of sp³-hybridized carbons (Fsp3) is 0.600. The Bertz CT molecular complexity index is 636. The lowest BCUT2D eigenvalue weighted by Gasteiger charge is -2.17. The average molecular weight is 331 g/mol. The van der Waals surface area contributed by atoms with Crippen LogP contribution in [0.15, 0.2) is 11.0 Å². The molecule has 2 N–H and O–H groups in total. The number of hydrogen-bond donors (Lipinski definition) is 2. The third kappa shape index (κ3) is 2.72. The summed E-state index contributed by atoms with van der Waals surface area (Å²) in [7, 11) is -3.42. The van der Waals surface area contributed by atoms with Gasteiger partial charge in [0.25, 0.3) is 0 Å². The minimum Gasteiger partial charge on any atom is -0.316 e. The smallest absolute Gasteiger partial charge is 0.241 e. The Kier molecular flexibility index (Phi) is 4.42. The summed E-state index contributed by atoms with van der Waals surface area (Å²) < 4.78 is 28.4. The van der Waals surface area contributed by atoms with Crippen molar-refractivity contribution < 1.29 is 8.42 Å². The number of aryl methyl sites for hydroxylation is 2. The van der Waals surface area contributed by atoms with Crippen LogP contribution in [0.4, 0.5) is 0 Å². The molecule has 2 fully saturated rings. The first-order chi connectivity index (χ1) is 9.33. The first kappa shape index (κ1) is 16.7. The Morgan fingerprint density at radius 2 is 1.52 bits per heavy atom. The van der Waals surface area contributed by atoms with Crippen LogP contribution < -0.4 is 10.0 Å². The van der Waals surface area contributed by atoms with Crippen molar-refractivity contribution in [2.45, 2.75) is 38.6 Å². The summed E-state index contributed by atoms with van der Waals surface area (Å²) in [6.45, 7) is 9.59. The molecular formula is C15H23ClN2O2S. The molecule has 1 saturated heterocycles. The van der Waals surface area contributed by atoms with Crippen LogP contribution in [0.2, 0.25) is 0 Å². The third-order valence-electron chi connectivity index (χ3n) is 4.95. The van der Waals surface area contributed by atoms with Gasteiger partial charge >= 0.3 is 0 Å². The van der Waals surface area contributed by atoms with E-state index >= 15 is 0 Å². The predicted octanol–water partition coefficient (Wildman–Crippen LogP) is 1.84. The van der Waals surface area contributed by atoms with Gasteiger partial charge in [-0.25, -0.2) is 13.1 Å². The summed E-state index contributed by atoms with van der Waals surface area (Å²) in [6.07, 6.45) is 0. The normalized spacial score (nSPS) is 27.1. The molecule has 2 atom stereocenters. The van der Waals surface area contributed by atoms with E-state index in [2.05, 4.69) is 16.1 Å². The summed E-state index contributed by atoms with van der Waals surface area (Å²) in [4.78, 5) is 0.480. The molecule has 118 valence electrons. The number of rotatable bonds is 3. The van der Waals surface area contributed by atoms with Crippen molar-refractivity contribution >= 4 is 22.4 Å². The van der Waals surface area contributed by atoms with Crippen LogP contribution in [0.1, 0.15) is 22.3 Å². The second kappa shape index (κ2) is 5.54. The van der Waals surface area contributed by atoms with Gasteiger partial charge in [-0.3, -0.25) is 0 Å². The van der Waals surface area contributed by atoms with Crippen LogP contribution >= 0.6 is 12.4 Å². The largest absolute Gasteiger partial charge is 0.316 e. The Morgan fingerprint density at radius 3 is 2.00 bits per heavy atom. The van der Waals surface area contributed by atoms with Gasteiger partial charge in [0.2, 0.25) is 10.0 Å². The number of benzene rings is 1. The van der Waals surface area contributed by atoms with E-state index in [0.717, 1.165) is 35.3 Å². The highest BCUT2D eigenvalue weighted by atomic mass is 35.5. The maximum Gasteiger partial charge on any atom is 0.241 e. The lowest BCUT2D eigenvalue weighted by Crippen LogP contribution is -2.33. The van der Waals surface area contributed by atoms with Gasteiger partial charge in [-0.2, -0.15) is 0 Å². The van der Waals surface area contributed by atoms with E-state index in [1.54, 1.807) is 0 Å². The Hall–Kier alpha value is -0.620. The number of piperidine rings is 1. The van der Waals surface area contributed by atoms with Gasteiger partial charge in [0, 0.05) is 6.04 Å². The molecule has 0 amide bonds. The fourth-order valence-electron chi connectivity index (χ4n) is 3.41. The maximum atomic E-state index is 12.7. The van der Waals surface area contributed by atoms with E-state index in [9.17, 15) is 8.42 Å². The molecule has 0 aromatic heterocycles. The van der Waals surface area contributed by atoms with Crippen LogP contribution in [0.3, 0.4) is 0 Å². The number of fused-ring (bicyclic) bond motifs is 1. The van der Waals surface area contributed by atoms with Crippen molar-refractivity contribution in [2.24, 2.45) is 11.8 Å². The highest BCUT2D eigenvalue weighted by Crippen LogP contribution is 2.42. The molecule has 4 nitrogen and oxygen atoms in total. The Morgan fingerprint density at radius 1 is 1.05 bits per heavy atom. The number of hydrogen-bond acceptors (Lipinski definition) is 3. The van der Waals surface area contributed by atoms with Gasteiger partial charge in [-0.1, -0.05) is 6.07 Å². The van der Waals surface area contributed by atoms with Crippen molar-refractivity contribution in [3.63, 3.8) is 0 Å². The zero-order chi connectivity index (χ0) is 14.7. The topological polar surface area (TPSA) is 58.2 Å². The monoisotopic (exact) mass is 330 g/mol. The maximum absolute atomic E-state index is 12.7. The standard InChI is InChI=1S/C15H22N2O2S.ClH/c1-8-5-9(2)11(4)15(10(8)3)20(18,19)17-14-12-6-16-7-13(12)14;/h5,12-14,16-17H,6-7H2,1-4H3;1H. The van der Waals surface area contributed by atoms with Crippen LogP contribution in [-0.2, 0) is 10.0 Å². The summed E-state index contributed by atoms with van der Waals surface area (Å²) in [5, 5.41) is 3.28. The van der Waals surface area contributed by atoms with Crippen molar-refractivity contribution in [3.8, 4) is 0 Å². The van der Waals surface area contributed by atoms with E-state index in [0.29, 0.717) is 16.7 Å². The van der Waals surface area contributed by atoms with Gasteiger partial charge in [-0.15, -0.1) is 12.4 Å². The van der Waals surface area contributed by atoms with Crippen LogP contribution in [-0.4, -0.2) is 27.5 Å². The summed E-state index contributed by atoms with van der Waals surface area (Å²) >= 11 is 0. The average Bonchev–Trinajstić information content (AvgIpc) is 2.80. The second-order valence-corrected chi connectivity index (χ2v) is 7.87. The summed E-state index contributed by atoms with van der Waals surface area (Å²) in [5.74, 6) is 0.965. The Balaban J connectivity index is 0.00000161. The van der Waals surface area contributed by atoms with Gasteiger partial charge in [0.15, 0.2) is 0 Å². The van der Waals surface area contributed by atoms with Gasteiger partial charge in [0.1, 0.15) is 0 Å². The van der Waals surface area contributed by atoms with Crippen molar-refractivity contribution in [3.05, 3.63) is 28.3 Å². The number of halogens is 1. The molecule has 6 heteroatoms. The molecule has 2 unspecified atom stereocenters. The lowest BCUT2D eigenvalue weighted by atomic mass is 10.0. The first-order valence-corrected chi connectivity index (χ1v) is 8.61. The molecule has 1 aromatic carbocycles. The molecule has 1 aliphatic carbocycles. The van der Waals surface area contributed by atoms with Crippen LogP contribution in [0.25, 0.3) is 0 Å². The van der Waals surface area contributed by atoms with Gasteiger partial charge in [0.05, 0.1) is 4.90 Å². The van der Waals surface area contributed by atoms with E-state index in [1.165, 1.54) is 0 Å². The zero-order valence-corrected chi connectivity index (χ0v) is 14.5. The molecule has 0 bridgehead atoms. The van der Waals surface area contributed by atoms with E-state index in [4.69, 9.17) is 0 Å². The number of sulfonamides is 1. The van der Waals surface area contributed by atoms with Crippen molar-refractivity contribution in [1.82, 2.24) is 10.0 Å². The lowest BCUT2D eigenvalue weighted by molar-refractivity contribution is 0.564.